The van der Waals surface area contributed by atoms with Crippen LogP contribution in [0.2, 0.25) is 0 Å². The lowest BCUT2D eigenvalue weighted by molar-refractivity contribution is -0.135. The third kappa shape index (κ3) is 4.31. The van der Waals surface area contributed by atoms with Crippen molar-refractivity contribution < 1.29 is 18.0 Å². The van der Waals surface area contributed by atoms with Gasteiger partial charge in [0.15, 0.2) is 0 Å². The number of carbonyl (C=O) groups is 2. The van der Waals surface area contributed by atoms with Crippen molar-refractivity contribution in [3.8, 4) is 0 Å². The molecule has 3 aliphatic heterocycles. The summed E-state index contributed by atoms with van der Waals surface area (Å²) in [6.07, 6.45) is 4.11. The lowest BCUT2D eigenvalue weighted by atomic mass is 9.96. The average Bonchev–Trinajstić information content (AvgIpc) is 3.08. The normalized spacial score (nSPS) is 26.8. The van der Waals surface area contributed by atoms with Gasteiger partial charge in [-0.3, -0.25) is 14.5 Å². The van der Waals surface area contributed by atoms with Crippen molar-refractivity contribution in [2.45, 2.75) is 25.8 Å². The van der Waals surface area contributed by atoms with E-state index in [2.05, 4.69) is 16.8 Å². The van der Waals surface area contributed by atoms with Crippen molar-refractivity contribution in [2.24, 2.45) is 5.92 Å². The molecule has 10 heteroatoms. The highest BCUT2D eigenvalue weighted by Crippen LogP contribution is 2.40. The Hall–Kier alpha value is -1.16. The van der Waals surface area contributed by atoms with Gasteiger partial charge in [-0.2, -0.15) is 0 Å². The fourth-order valence-corrected chi connectivity index (χ4v) is 5.15. The van der Waals surface area contributed by atoms with Gasteiger partial charge in [0.2, 0.25) is 21.8 Å². The van der Waals surface area contributed by atoms with Gasteiger partial charge in [0.05, 0.1) is 30.5 Å². The van der Waals surface area contributed by atoms with Gasteiger partial charge in [-0.05, 0) is 19.5 Å². The van der Waals surface area contributed by atoms with Crippen LogP contribution >= 0.6 is 12.4 Å². The molecule has 2 atom stereocenters. The number of likely N-dealkylation sites (N-methyl/N-ethyl adjacent to an activating group) is 1. The highest BCUT2D eigenvalue weighted by molar-refractivity contribution is 7.89. The fourth-order valence-electron chi connectivity index (χ4n) is 4.12. The van der Waals surface area contributed by atoms with E-state index >= 15 is 0 Å². The van der Waals surface area contributed by atoms with Crippen LogP contribution in [0.3, 0.4) is 0 Å². The molecule has 0 aliphatic carbocycles. The molecule has 2 amide bonds. The van der Waals surface area contributed by atoms with Crippen LogP contribution in [0.25, 0.3) is 0 Å². The van der Waals surface area contributed by atoms with Crippen molar-refractivity contribution in [1.82, 2.24) is 19.0 Å². The predicted octanol–water partition coefficient (Wildman–Crippen LogP) is -0.0316. The molecule has 0 bridgehead atoms. The van der Waals surface area contributed by atoms with Crippen LogP contribution < -0.4 is 0 Å². The van der Waals surface area contributed by atoms with Crippen LogP contribution in [0, 0.1) is 5.92 Å². The number of halogens is 1. The van der Waals surface area contributed by atoms with E-state index in [4.69, 9.17) is 0 Å². The SMILES string of the molecule is CCC[C@H]1C(=O)N(S(C)(=O)=O)C2=CCN(C(=O)CN3CCN(C)CC3)[C@@H]21.Cl. The van der Waals surface area contributed by atoms with E-state index < -0.39 is 27.9 Å². The first-order valence-corrected chi connectivity index (χ1v) is 11.0. The van der Waals surface area contributed by atoms with E-state index in [0.717, 1.165) is 43.2 Å². The summed E-state index contributed by atoms with van der Waals surface area (Å²) < 4.78 is 25.1. The first-order chi connectivity index (χ1) is 12.2. The quantitative estimate of drug-likeness (QED) is 0.621. The summed E-state index contributed by atoms with van der Waals surface area (Å²) >= 11 is 0. The van der Waals surface area contributed by atoms with Crippen LogP contribution in [0.4, 0.5) is 0 Å². The Bertz CT molecular complexity index is 718. The largest absolute Gasteiger partial charge is 0.328 e. The van der Waals surface area contributed by atoms with Crippen LogP contribution in [-0.4, -0.2) is 97.9 Å². The minimum Gasteiger partial charge on any atom is -0.328 e. The van der Waals surface area contributed by atoms with E-state index in [-0.39, 0.29) is 18.3 Å². The molecule has 2 fully saturated rings. The number of hydrogen-bond acceptors (Lipinski definition) is 6. The van der Waals surface area contributed by atoms with Crippen LogP contribution in [0.15, 0.2) is 11.8 Å². The Balaban J connectivity index is 0.00000261. The summed E-state index contributed by atoms with van der Waals surface area (Å²) in [5, 5.41) is 0. The number of fused-ring (bicyclic) bond motifs is 1. The number of hydrogen-bond donors (Lipinski definition) is 0. The van der Waals surface area contributed by atoms with E-state index in [1.165, 1.54) is 0 Å². The highest BCUT2D eigenvalue weighted by Gasteiger charge is 2.53. The van der Waals surface area contributed by atoms with Gasteiger partial charge in [0.25, 0.3) is 0 Å². The molecule has 3 heterocycles. The lowest BCUT2D eigenvalue weighted by Crippen LogP contribution is -2.50. The molecule has 3 aliphatic rings. The minimum absolute atomic E-state index is 0. The summed E-state index contributed by atoms with van der Waals surface area (Å²) in [7, 11) is -1.61. The molecular weight excluding hydrogens is 392 g/mol. The van der Waals surface area contributed by atoms with Crippen LogP contribution in [0.5, 0.6) is 0 Å². The number of piperazine rings is 1. The number of nitrogens with zero attached hydrogens (tertiary/aromatic N) is 4. The molecule has 3 rings (SSSR count). The molecule has 2 saturated heterocycles. The molecule has 8 nitrogen and oxygen atoms in total. The zero-order chi connectivity index (χ0) is 19.1. The van der Waals surface area contributed by atoms with Gasteiger partial charge in [-0.1, -0.05) is 13.3 Å². The van der Waals surface area contributed by atoms with Gasteiger partial charge in [0, 0.05) is 32.7 Å². The Morgan fingerprint density at radius 2 is 1.85 bits per heavy atom. The molecule has 0 unspecified atom stereocenters. The summed E-state index contributed by atoms with van der Waals surface area (Å²) in [6, 6.07) is -0.447. The summed E-state index contributed by atoms with van der Waals surface area (Å²) in [5.41, 5.74) is 0.461. The molecule has 0 saturated carbocycles. The van der Waals surface area contributed by atoms with Gasteiger partial charge in [-0.25, -0.2) is 12.7 Å². The Labute approximate surface area is 167 Å². The van der Waals surface area contributed by atoms with Crippen LogP contribution in [0.1, 0.15) is 19.8 Å². The molecule has 0 aromatic rings. The third-order valence-electron chi connectivity index (χ3n) is 5.48. The van der Waals surface area contributed by atoms with Crippen molar-refractivity contribution in [3.05, 3.63) is 11.8 Å². The van der Waals surface area contributed by atoms with Crippen molar-refractivity contribution in [2.75, 3.05) is 52.6 Å². The van der Waals surface area contributed by atoms with Gasteiger partial charge < -0.3 is 9.80 Å². The molecule has 0 aromatic heterocycles. The number of carbonyl (C=O) groups excluding carboxylic acids is 2. The lowest BCUT2D eigenvalue weighted by Gasteiger charge is -2.34. The Morgan fingerprint density at radius 1 is 1.22 bits per heavy atom. The second kappa shape index (κ2) is 8.46. The second-order valence-corrected chi connectivity index (χ2v) is 9.29. The van der Waals surface area contributed by atoms with E-state index in [0.29, 0.717) is 25.2 Å². The standard InChI is InChI=1S/C17H28N4O4S.ClH/c1-4-5-13-16-14(21(17(13)23)26(3,24)25)6-7-20(16)15(22)12-19-10-8-18(2)9-11-19;/h6,13,16H,4-5,7-12H2,1-3H3;1H/t13-,16-;/m1./s1. The summed E-state index contributed by atoms with van der Waals surface area (Å²) in [4.78, 5) is 31.7. The first-order valence-electron chi connectivity index (χ1n) is 9.18. The number of sulfonamides is 1. The monoisotopic (exact) mass is 420 g/mol. The molecular formula is C17H29ClN4O4S. The zero-order valence-corrected chi connectivity index (χ0v) is 17.8. The van der Waals surface area contributed by atoms with E-state index in [9.17, 15) is 18.0 Å². The number of rotatable bonds is 5. The molecule has 0 radical (unpaired) electrons. The maximum absolute atomic E-state index is 12.9. The topological polar surface area (TPSA) is 81.2 Å². The van der Waals surface area contributed by atoms with Gasteiger partial charge >= 0.3 is 0 Å². The van der Waals surface area contributed by atoms with Crippen molar-refractivity contribution in [3.63, 3.8) is 0 Å². The fraction of sp³-hybridized carbons (Fsp3) is 0.765. The maximum Gasteiger partial charge on any atom is 0.246 e. The Kier molecular flexibility index (Phi) is 6.94. The smallest absolute Gasteiger partial charge is 0.246 e. The predicted molar refractivity (Wildman–Crippen MR) is 105 cm³/mol. The molecule has 27 heavy (non-hydrogen) atoms. The van der Waals surface area contributed by atoms with Crippen molar-refractivity contribution in [1.29, 1.82) is 0 Å². The zero-order valence-electron chi connectivity index (χ0n) is 16.1. The molecule has 0 spiro atoms. The maximum atomic E-state index is 12.9. The molecule has 0 aromatic carbocycles. The Morgan fingerprint density at radius 3 is 2.41 bits per heavy atom. The summed E-state index contributed by atoms with van der Waals surface area (Å²) in [6.45, 7) is 6.19. The van der Waals surface area contributed by atoms with Crippen molar-refractivity contribution >= 4 is 34.2 Å². The molecule has 154 valence electrons. The molecule has 0 N–H and O–H groups in total. The second-order valence-electron chi connectivity index (χ2n) is 7.46. The van der Waals surface area contributed by atoms with Gasteiger partial charge in [0.1, 0.15) is 0 Å². The van der Waals surface area contributed by atoms with E-state index in [1.807, 2.05) is 6.92 Å². The minimum atomic E-state index is -3.68. The van der Waals surface area contributed by atoms with Gasteiger partial charge in [-0.15, -0.1) is 12.4 Å². The number of amides is 2. The van der Waals surface area contributed by atoms with Crippen LogP contribution in [-0.2, 0) is 19.6 Å². The first kappa shape index (κ1) is 22.1. The average molecular weight is 421 g/mol. The highest BCUT2D eigenvalue weighted by atomic mass is 35.5. The van der Waals surface area contributed by atoms with E-state index in [1.54, 1.807) is 11.0 Å². The third-order valence-corrected chi connectivity index (χ3v) is 6.53. The summed E-state index contributed by atoms with van der Waals surface area (Å²) in [5.74, 6) is -0.905.